The molecule has 19 heavy (non-hydrogen) atoms. The SMILES string of the molecule is O=C(C(F)(F)F)C(F)(F)F.ON=Cc1ccccc1. The van der Waals surface area contributed by atoms with Gasteiger partial charge in [0.2, 0.25) is 0 Å². The minimum Gasteiger partial charge on any atom is -0.411 e. The van der Waals surface area contributed by atoms with Gasteiger partial charge < -0.3 is 5.21 Å². The summed E-state index contributed by atoms with van der Waals surface area (Å²) in [6.45, 7) is 0. The van der Waals surface area contributed by atoms with E-state index < -0.39 is 18.1 Å². The van der Waals surface area contributed by atoms with Crippen LogP contribution in [0.15, 0.2) is 35.5 Å². The van der Waals surface area contributed by atoms with Gasteiger partial charge in [0.05, 0.1) is 6.21 Å². The first-order chi connectivity index (χ1) is 8.59. The Morgan fingerprint density at radius 1 is 1.00 bits per heavy atom. The molecule has 0 amide bonds. The summed E-state index contributed by atoms with van der Waals surface area (Å²) in [6.07, 6.45) is -10.3. The molecular weight excluding hydrogens is 280 g/mol. The van der Waals surface area contributed by atoms with Gasteiger partial charge in [0.15, 0.2) is 0 Å². The molecule has 0 aliphatic carbocycles. The third-order valence-electron chi connectivity index (χ3n) is 1.52. The van der Waals surface area contributed by atoms with Gasteiger partial charge in [-0.25, -0.2) is 0 Å². The van der Waals surface area contributed by atoms with Crippen LogP contribution in [-0.4, -0.2) is 29.6 Å². The van der Waals surface area contributed by atoms with Crippen molar-refractivity contribution in [3.63, 3.8) is 0 Å². The topological polar surface area (TPSA) is 49.7 Å². The van der Waals surface area contributed by atoms with Crippen LogP contribution in [0.2, 0.25) is 0 Å². The van der Waals surface area contributed by atoms with Crippen LogP contribution in [0.1, 0.15) is 5.56 Å². The number of nitrogens with zero attached hydrogens (tertiary/aromatic N) is 1. The van der Waals surface area contributed by atoms with Crippen LogP contribution >= 0.6 is 0 Å². The van der Waals surface area contributed by atoms with Crippen LogP contribution in [0.5, 0.6) is 0 Å². The highest BCUT2D eigenvalue weighted by Crippen LogP contribution is 2.28. The molecule has 1 rings (SSSR count). The molecule has 0 spiro atoms. The van der Waals surface area contributed by atoms with E-state index in [0.29, 0.717) is 0 Å². The van der Waals surface area contributed by atoms with E-state index in [1.165, 1.54) is 6.21 Å². The molecule has 3 nitrogen and oxygen atoms in total. The molecule has 0 atom stereocenters. The second-order valence-electron chi connectivity index (χ2n) is 2.98. The number of halogens is 6. The number of hydrogen-bond donors (Lipinski definition) is 1. The molecule has 0 unspecified atom stereocenters. The first-order valence-electron chi connectivity index (χ1n) is 4.50. The number of alkyl halides is 6. The van der Waals surface area contributed by atoms with E-state index >= 15 is 0 Å². The van der Waals surface area contributed by atoms with Gasteiger partial charge in [-0.2, -0.15) is 26.3 Å². The van der Waals surface area contributed by atoms with Crippen LogP contribution in [0.3, 0.4) is 0 Å². The molecule has 0 aliphatic rings. The van der Waals surface area contributed by atoms with Crippen molar-refractivity contribution in [2.75, 3.05) is 0 Å². The number of carbonyl (C=O) groups is 1. The first kappa shape index (κ1) is 16.9. The summed E-state index contributed by atoms with van der Waals surface area (Å²) >= 11 is 0. The quantitative estimate of drug-likeness (QED) is 0.373. The Kier molecular flexibility index (Phi) is 6.03. The van der Waals surface area contributed by atoms with Gasteiger partial charge in [0.1, 0.15) is 0 Å². The highest BCUT2D eigenvalue weighted by molar-refractivity contribution is 5.89. The lowest BCUT2D eigenvalue weighted by atomic mass is 10.2. The fourth-order valence-corrected chi connectivity index (χ4v) is 0.766. The van der Waals surface area contributed by atoms with Gasteiger partial charge in [0, 0.05) is 0 Å². The van der Waals surface area contributed by atoms with Crippen molar-refractivity contribution < 1.29 is 36.3 Å². The number of rotatable bonds is 1. The van der Waals surface area contributed by atoms with Gasteiger partial charge in [-0.1, -0.05) is 35.5 Å². The van der Waals surface area contributed by atoms with Crippen LogP contribution < -0.4 is 0 Å². The smallest absolute Gasteiger partial charge is 0.411 e. The lowest BCUT2D eigenvalue weighted by Crippen LogP contribution is -2.36. The molecule has 0 aromatic heterocycles. The summed E-state index contributed by atoms with van der Waals surface area (Å²) in [5.74, 6) is -3.68. The van der Waals surface area contributed by atoms with Crippen molar-refractivity contribution in [3.8, 4) is 0 Å². The Morgan fingerprint density at radius 2 is 1.42 bits per heavy atom. The molecule has 0 aliphatic heterocycles. The number of Topliss-reactive ketones (excluding diaryl/α,β-unsaturated/α-hetero) is 1. The summed E-state index contributed by atoms with van der Waals surface area (Å²) in [7, 11) is 0. The third-order valence-corrected chi connectivity index (χ3v) is 1.52. The molecule has 0 fully saturated rings. The largest absolute Gasteiger partial charge is 0.459 e. The minimum atomic E-state index is -5.82. The van der Waals surface area contributed by atoms with E-state index in [9.17, 15) is 31.1 Å². The maximum atomic E-state index is 10.9. The number of benzene rings is 1. The van der Waals surface area contributed by atoms with Gasteiger partial charge in [-0.15, -0.1) is 0 Å². The number of ketones is 1. The van der Waals surface area contributed by atoms with Crippen LogP contribution in [0, 0.1) is 0 Å². The van der Waals surface area contributed by atoms with Crippen molar-refractivity contribution >= 4 is 12.0 Å². The van der Waals surface area contributed by atoms with Gasteiger partial charge in [-0.05, 0) is 5.56 Å². The first-order valence-corrected chi connectivity index (χ1v) is 4.50. The van der Waals surface area contributed by atoms with Crippen LogP contribution in [0.4, 0.5) is 26.3 Å². The maximum Gasteiger partial charge on any atom is 0.459 e. The lowest BCUT2D eigenvalue weighted by Gasteiger charge is -2.06. The molecule has 0 heterocycles. The predicted octanol–water partition coefficient (Wildman–Crippen LogP) is 3.17. The molecule has 1 aromatic rings. The normalized spacial score (nSPS) is 11.9. The Bertz CT molecular complexity index is 408. The standard InChI is InChI=1S/C7H7NO.C3F6O/c9-8-6-7-4-2-1-3-5-7;4-2(5,6)1(10)3(7,8)9/h1-6,9H;. The lowest BCUT2D eigenvalue weighted by molar-refractivity contribution is -0.217. The van der Waals surface area contributed by atoms with E-state index in [1.54, 1.807) is 0 Å². The molecule has 106 valence electrons. The zero-order chi connectivity index (χ0) is 15.1. The molecule has 0 saturated carbocycles. The van der Waals surface area contributed by atoms with E-state index in [4.69, 9.17) is 5.21 Å². The summed E-state index contributed by atoms with van der Waals surface area (Å²) in [5, 5.41) is 11.0. The monoisotopic (exact) mass is 287 g/mol. The zero-order valence-electron chi connectivity index (χ0n) is 9.03. The molecule has 0 radical (unpaired) electrons. The maximum absolute atomic E-state index is 10.9. The number of oxime groups is 1. The van der Waals surface area contributed by atoms with E-state index in [0.717, 1.165) is 5.56 Å². The second-order valence-corrected chi connectivity index (χ2v) is 2.98. The fraction of sp³-hybridized carbons (Fsp3) is 0.200. The highest BCUT2D eigenvalue weighted by Gasteiger charge is 2.55. The second kappa shape index (κ2) is 6.76. The van der Waals surface area contributed by atoms with Crippen molar-refractivity contribution in [1.29, 1.82) is 0 Å². The zero-order valence-corrected chi connectivity index (χ0v) is 9.03. The van der Waals surface area contributed by atoms with Crippen molar-refractivity contribution in [1.82, 2.24) is 0 Å². The van der Waals surface area contributed by atoms with E-state index in [1.807, 2.05) is 30.3 Å². The fourth-order valence-electron chi connectivity index (χ4n) is 0.766. The van der Waals surface area contributed by atoms with Gasteiger partial charge in [0.25, 0.3) is 0 Å². The summed E-state index contributed by atoms with van der Waals surface area (Å²) in [5.41, 5.74) is 0.903. The molecule has 1 N–H and O–H groups in total. The van der Waals surface area contributed by atoms with Gasteiger partial charge in [-0.3, -0.25) is 4.79 Å². The average molecular weight is 287 g/mol. The summed E-state index contributed by atoms with van der Waals surface area (Å²) in [6, 6.07) is 9.40. The molecule has 1 aromatic carbocycles. The highest BCUT2D eigenvalue weighted by atomic mass is 19.4. The Hall–Kier alpha value is -2.06. The Morgan fingerprint density at radius 3 is 1.68 bits per heavy atom. The summed E-state index contributed by atoms with van der Waals surface area (Å²) < 4.78 is 65.3. The van der Waals surface area contributed by atoms with Crippen LogP contribution in [0.25, 0.3) is 0 Å². The van der Waals surface area contributed by atoms with E-state index in [-0.39, 0.29) is 0 Å². The average Bonchev–Trinajstić information content (AvgIpc) is 2.28. The molecular formula is C10H7F6NO2. The van der Waals surface area contributed by atoms with E-state index in [2.05, 4.69) is 5.16 Å². The number of hydrogen-bond acceptors (Lipinski definition) is 3. The third kappa shape index (κ3) is 7.06. The number of carbonyl (C=O) groups excluding carboxylic acids is 1. The predicted molar refractivity (Wildman–Crippen MR) is 52.9 cm³/mol. The van der Waals surface area contributed by atoms with Crippen molar-refractivity contribution in [2.45, 2.75) is 12.4 Å². The minimum absolute atomic E-state index is 0.903. The van der Waals surface area contributed by atoms with Crippen molar-refractivity contribution in [3.05, 3.63) is 35.9 Å². The van der Waals surface area contributed by atoms with Gasteiger partial charge >= 0.3 is 18.1 Å². The molecule has 0 saturated heterocycles. The summed E-state index contributed by atoms with van der Waals surface area (Å²) in [4.78, 5) is 9.24. The Balaban J connectivity index is 0.000000342. The molecule has 9 heteroatoms. The Labute approximate surface area is 103 Å². The van der Waals surface area contributed by atoms with Crippen molar-refractivity contribution in [2.24, 2.45) is 5.16 Å². The van der Waals surface area contributed by atoms with Crippen LogP contribution in [-0.2, 0) is 4.79 Å². The molecule has 0 bridgehead atoms.